The SMILES string of the molecule is N#Cc1ccccc1COc1ccc(CN)cc1F. The summed E-state index contributed by atoms with van der Waals surface area (Å²) in [5.74, 6) is -0.290. The molecule has 0 fully saturated rings. The van der Waals surface area contributed by atoms with E-state index in [9.17, 15) is 4.39 Å². The molecule has 0 bridgehead atoms. The van der Waals surface area contributed by atoms with Crippen LogP contribution in [0, 0.1) is 17.1 Å². The van der Waals surface area contributed by atoms with Crippen molar-refractivity contribution in [1.82, 2.24) is 0 Å². The molecule has 2 rings (SSSR count). The van der Waals surface area contributed by atoms with Gasteiger partial charge in [-0.3, -0.25) is 0 Å². The first-order valence-electron chi connectivity index (χ1n) is 5.84. The lowest BCUT2D eigenvalue weighted by molar-refractivity contribution is 0.290. The highest BCUT2D eigenvalue weighted by Crippen LogP contribution is 2.20. The summed E-state index contributed by atoms with van der Waals surface area (Å²) in [7, 11) is 0. The Balaban J connectivity index is 2.13. The van der Waals surface area contributed by atoms with E-state index in [1.54, 1.807) is 30.3 Å². The van der Waals surface area contributed by atoms with Crippen LogP contribution in [0.25, 0.3) is 0 Å². The highest BCUT2D eigenvalue weighted by atomic mass is 19.1. The third-order valence-corrected chi connectivity index (χ3v) is 2.75. The second-order valence-corrected chi connectivity index (χ2v) is 4.03. The highest BCUT2D eigenvalue weighted by molar-refractivity contribution is 5.37. The van der Waals surface area contributed by atoms with Gasteiger partial charge in [0.15, 0.2) is 11.6 Å². The van der Waals surface area contributed by atoms with Crippen molar-refractivity contribution in [1.29, 1.82) is 5.26 Å². The Morgan fingerprint density at radius 2 is 2.00 bits per heavy atom. The molecule has 4 heteroatoms. The first-order valence-corrected chi connectivity index (χ1v) is 5.84. The standard InChI is InChI=1S/C15H13FN2O/c16-14-7-11(8-17)5-6-15(14)19-10-13-4-2-1-3-12(13)9-18/h1-7H,8,10,17H2. The van der Waals surface area contributed by atoms with E-state index in [0.717, 1.165) is 5.56 Å². The van der Waals surface area contributed by atoms with Crippen molar-refractivity contribution in [2.45, 2.75) is 13.2 Å². The van der Waals surface area contributed by atoms with Crippen LogP contribution in [0.1, 0.15) is 16.7 Å². The van der Waals surface area contributed by atoms with Crippen molar-refractivity contribution in [3.8, 4) is 11.8 Å². The van der Waals surface area contributed by atoms with E-state index in [1.807, 2.05) is 6.07 Å². The summed E-state index contributed by atoms with van der Waals surface area (Å²) in [4.78, 5) is 0. The van der Waals surface area contributed by atoms with Crippen LogP contribution < -0.4 is 10.5 Å². The average Bonchev–Trinajstić information content (AvgIpc) is 2.46. The number of hydrogen-bond donors (Lipinski definition) is 1. The molecule has 96 valence electrons. The fraction of sp³-hybridized carbons (Fsp3) is 0.133. The van der Waals surface area contributed by atoms with Crippen LogP contribution >= 0.6 is 0 Å². The predicted molar refractivity (Wildman–Crippen MR) is 69.8 cm³/mol. The van der Waals surface area contributed by atoms with Gasteiger partial charge in [0.2, 0.25) is 0 Å². The lowest BCUT2D eigenvalue weighted by Gasteiger charge is -2.09. The first-order chi connectivity index (χ1) is 9.24. The van der Waals surface area contributed by atoms with Crippen LogP contribution in [-0.4, -0.2) is 0 Å². The van der Waals surface area contributed by atoms with Crippen LogP contribution in [0.3, 0.4) is 0 Å². The first kappa shape index (κ1) is 13.1. The zero-order valence-electron chi connectivity index (χ0n) is 10.3. The van der Waals surface area contributed by atoms with Gasteiger partial charge in [0.05, 0.1) is 11.6 Å². The van der Waals surface area contributed by atoms with E-state index < -0.39 is 5.82 Å². The molecule has 2 aromatic carbocycles. The molecule has 0 saturated carbocycles. The number of nitrogens with two attached hydrogens (primary N) is 1. The molecule has 0 aromatic heterocycles. The third-order valence-electron chi connectivity index (χ3n) is 2.75. The minimum Gasteiger partial charge on any atom is -0.486 e. The van der Waals surface area contributed by atoms with Crippen molar-refractivity contribution < 1.29 is 9.13 Å². The maximum absolute atomic E-state index is 13.7. The molecule has 0 spiro atoms. The van der Waals surface area contributed by atoms with Gasteiger partial charge in [0.1, 0.15) is 6.61 Å². The molecular formula is C15H13FN2O. The number of nitrogens with zero attached hydrogens (tertiary/aromatic N) is 1. The molecule has 0 heterocycles. The Kier molecular flexibility index (Phi) is 4.11. The van der Waals surface area contributed by atoms with Gasteiger partial charge in [-0.1, -0.05) is 24.3 Å². The summed E-state index contributed by atoms with van der Waals surface area (Å²) in [6.07, 6.45) is 0. The van der Waals surface area contributed by atoms with E-state index in [-0.39, 0.29) is 18.9 Å². The minimum absolute atomic E-state index is 0.155. The summed E-state index contributed by atoms with van der Waals surface area (Å²) < 4.78 is 19.1. The molecule has 0 aliphatic heterocycles. The topological polar surface area (TPSA) is 59.0 Å². The van der Waals surface area contributed by atoms with Gasteiger partial charge >= 0.3 is 0 Å². The monoisotopic (exact) mass is 256 g/mol. The number of benzene rings is 2. The summed E-state index contributed by atoms with van der Waals surface area (Å²) >= 11 is 0. The van der Waals surface area contributed by atoms with Crippen molar-refractivity contribution in [3.05, 3.63) is 65.0 Å². The Morgan fingerprint density at radius 3 is 2.68 bits per heavy atom. The number of ether oxygens (including phenoxy) is 1. The molecular weight excluding hydrogens is 243 g/mol. The van der Waals surface area contributed by atoms with Gasteiger partial charge in [-0.15, -0.1) is 0 Å². The van der Waals surface area contributed by atoms with Crippen molar-refractivity contribution in [2.24, 2.45) is 5.73 Å². The van der Waals surface area contributed by atoms with Gasteiger partial charge in [0.25, 0.3) is 0 Å². The number of halogens is 1. The predicted octanol–water partition coefficient (Wildman–Crippen LogP) is 2.74. The molecule has 0 aliphatic carbocycles. The second kappa shape index (κ2) is 5.98. The number of hydrogen-bond acceptors (Lipinski definition) is 3. The molecule has 0 aliphatic rings. The largest absolute Gasteiger partial charge is 0.486 e. The number of rotatable bonds is 4. The second-order valence-electron chi connectivity index (χ2n) is 4.03. The van der Waals surface area contributed by atoms with Crippen LogP contribution in [0.15, 0.2) is 42.5 Å². The van der Waals surface area contributed by atoms with Crippen LogP contribution in [0.5, 0.6) is 5.75 Å². The molecule has 0 atom stereocenters. The fourth-order valence-electron chi connectivity index (χ4n) is 1.70. The molecule has 19 heavy (non-hydrogen) atoms. The van der Waals surface area contributed by atoms with Gasteiger partial charge < -0.3 is 10.5 Å². The smallest absolute Gasteiger partial charge is 0.165 e. The van der Waals surface area contributed by atoms with E-state index in [0.29, 0.717) is 11.1 Å². The van der Waals surface area contributed by atoms with E-state index in [2.05, 4.69) is 6.07 Å². The summed E-state index contributed by atoms with van der Waals surface area (Å²) in [6.45, 7) is 0.442. The Labute approximate surface area is 111 Å². The van der Waals surface area contributed by atoms with Gasteiger partial charge in [-0.25, -0.2) is 4.39 Å². The zero-order chi connectivity index (χ0) is 13.7. The minimum atomic E-state index is -0.447. The summed E-state index contributed by atoms with van der Waals surface area (Å²) in [6, 6.07) is 13.8. The highest BCUT2D eigenvalue weighted by Gasteiger charge is 2.06. The zero-order valence-corrected chi connectivity index (χ0v) is 10.3. The maximum atomic E-state index is 13.7. The Bertz CT molecular complexity index is 620. The van der Waals surface area contributed by atoms with Gasteiger partial charge in [-0.05, 0) is 23.8 Å². The van der Waals surface area contributed by atoms with Crippen LogP contribution in [0.2, 0.25) is 0 Å². The lowest BCUT2D eigenvalue weighted by atomic mass is 10.1. The molecule has 0 unspecified atom stereocenters. The van der Waals surface area contributed by atoms with Crippen molar-refractivity contribution in [3.63, 3.8) is 0 Å². The summed E-state index contributed by atoms with van der Waals surface area (Å²) in [5.41, 5.74) is 7.40. The average molecular weight is 256 g/mol. The number of nitriles is 1. The normalized spacial score (nSPS) is 9.95. The molecule has 0 amide bonds. The van der Waals surface area contributed by atoms with E-state index in [1.165, 1.54) is 6.07 Å². The Morgan fingerprint density at radius 1 is 1.21 bits per heavy atom. The van der Waals surface area contributed by atoms with Gasteiger partial charge in [-0.2, -0.15) is 5.26 Å². The molecule has 2 N–H and O–H groups in total. The van der Waals surface area contributed by atoms with Crippen LogP contribution in [-0.2, 0) is 13.2 Å². The third kappa shape index (κ3) is 3.09. The van der Waals surface area contributed by atoms with Crippen LogP contribution in [0.4, 0.5) is 4.39 Å². The molecule has 3 nitrogen and oxygen atoms in total. The van der Waals surface area contributed by atoms with E-state index in [4.69, 9.17) is 15.7 Å². The molecule has 0 radical (unpaired) electrons. The molecule has 0 saturated heterocycles. The van der Waals surface area contributed by atoms with Crippen molar-refractivity contribution >= 4 is 0 Å². The van der Waals surface area contributed by atoms with Gasteiger partial charge in [0, 0.05) is 12.1 Å². The van der Waals surface area contributed by atoms with Crippen molar-refractivity contribution in [2.75, 3.05) is 0 Å². The van der Waals surface area contributed by atoms with E-state index >= 15 is 0 Å². The summed E-state index contributed by atoms with van der Waals surface area (Å²) in [5, 5.41) is 8.95. The maximum Gasteiger partial charge on any atom is 0.165 e. The Hall–Kier alpha value is -2.38. The quantitative estimate of drug-likeness (QED) is 0.915. The molecule has 2 aromatic rings. The lowest BCUT2D eigenvalue weighted by Crippen LogP contribution is -2.01. The fourth-order valence-corrected chi connectivity index (χ4v) is 1.70.